The summed E-state index contributed by atoms with van der Waals surface area (Å²) in [5.74, 6) is -2.29. The lowest BCUT2D eigenvalue weighted by Gasteiger charge is -2.09. The number of hydrogen-bond donors (Lipinski definition) is 2. The number of benzene rings is 1. The molecule has 0 unspecified atom stereocenters. The van der Waals surface area contributed by atoms with Crippen molar-refractivity contribution in [3.8, 4) is 0 Å². The summed E-state index contributed by atoms with van der Waals surface area (Å²) in [4.78, 5) is -1.00. The van der Waals surface area contributed by atoms with E-state index in [1.807, 2.05) is 0 Å². The number of sulfonamides is 1. The van der Waals surface area contributed by atoms with Crippen molar-refractivity contribution in [1.82, 2.24) is 10.2 Å². The molecule has 0 radical (unpaired) electrons. The molecule has 1 aromatic heterocycles. The molecule has 0 bridgehead atoms. The molecule has 0 amide bonds. The SMILES string of the molecule is Cc1n[nH]c(C)c1NS(=O)(=O)c1c(F)cccc1F. The third-order valence-electron chi connectivity index (χ3n) is 2.55. The number of aromatic amines is 1. The average Bonchev–Trinajstić information content (AvgIpc) is 2.60. The fourth-order valence-corrected chi connectivity index (χ4v) is 2.95. The predicted molar refractivity (Wildman–Crippen MR) is 65.2 cm³/mol. The number of H-pyrrole nitrogens is 1. The molecule has 2 N–H and O–H groups in total. The molecule has 19 heavy (non-hydrogen) atoms. The van der Waals surface area contributed by atoms with Crippen molar-refractivity contribution in [2.45, 2.75) is 18.7 Å². The first-order chi connectivity index (χ1) is 8.83. The molecule has 2 rings (SSSR count). The standard InChI is InChI=1S/C11H11F2N3O2S/c1-6-10(7(2)15-14-6)16-19(17,18)11-8(12)4-3-5-9(11)13/h3-5,16H,1-2H3,(H,14,15). The van der Waals surface area contributed by atoms with E-state index >= 15 is 0 Å². The second-order valence-electron chi connectivity index (χ2n) is 3.97. The fourth-order valence-electron chi connectivity index (χ4n) is 1.63. The van der Waals surface area contributed by atoms with Crippen LogP contribution >= 0.6 is 0 Å². The van der Waals surface area contributed by atoms with Crippen LogP contribution in [0.5, 0.6) is 0 Å². The highest BCUT2D eigenvalue weighted by Gasteiger charge is 2.25. The minimum Gasteiger partial charge on any atom is -0.280 e. The number of nitrogens with zero attached hydrogens (tertiary/aromatic N) is 1. The summed E-state index contributed by atoms with van der Waals surface area (Å²) < 4.78 is 53.1. The summed E-state index contributed by atoms with van der Waals surface area (Å²) in [5, 5.41) is 6.38. The summed E-state index contributed by atoms with van der Waals surface area (Å²) in [5.41, 5.74) is 1.03. The first-order valence-corrected chi connectivity index (χ1v) is 6.79. The van der Waals surface area contributed by atoms with Crippen LogP contribution in [0.4, 0.5) is 14.5 Å². The Hall–Kier alpha value is -1.96. The Labute approximate surface area is 108 Å². The quantitative estimate of drug-likeness (QED) is 0.907. The molecule has 1 heterocycles. The molecule has 0 saturated heterocycles. The topological polar surface area (TPSA) is 74.8 Å². The van der Waals surface area contributed by atoms with Gasteiger partial charge in [-0.25, -0.2) is 17.2 Å². The van der Waals surface area contributed by atoms with E-state index in [2.05, 4.69) is 14.9 Å². The van der Waals surface area contributed by atoms with Gasteiger partial charge in [0.2, 0.25) is 0 Å². The van der Waals surface area contributed by atoms with Gasteiger partial charge in [0, 0.05) is 0 Å². The molecule has 1 aromatic carbocycles. The van der Waals surface area contributed by atoms with Crippen molar-refractivity contribution in [2.75, 3.05) is 4.72 Å². The van der Waals surface area contributed by atoms with Crippen molar-refractivity contribution >= 4 is 15.7 Å². The van der Waals surface area contributed by atoms with Crippen LogP contribution in [0.15, 0.2) is 23.1 Å². The van der Waals surface area contributed by atoms with E-state index in [4.69, 9.17) is 0 Å². The maximum atomic E-state index is 13.5. The molecular formula is C11H11F2N3O2S. The van der Waals surface area contributed by atoms with Crippen molar-refractivity contribution in [2.24, 2.45) is 0 Å². The van der Waals surface area contributed by atoms with Crippen LogP contribution in [-0.4, -0.2) is 18.6 Å². The van der Waals surface area contributed by atoms with Crippen molar-refractivity contribution < 1.29 is 17.2 Å². The van der Waals surface area contributed by atoms with Gasteiger partial charge in [0.15, 0.2) is 4.90 Å². The molecule has 8 heteroatoms. The van der Waals surface area contributed by atoms with Gasteiger partial charge >= 0.3 is 0 Å². The van der Waals surface area contributed by atoms with Crippen molar-refractivity contribution in [1.29, 1.82) is 0 Å². The number of halogens is 2. The smallest absolute Gasteiger partial charge is 0.267 e. The Morgan fingerprint density at radius 2 is 1.79 bits per heavy atom. The third-order valence-corrected chi connectivity index (χ3v) is 3.95. The molecular weight excluding hydrogens is 276 g/mol. The Bertz CT molecular complexity index is 686. The summed E-state index contributed by atoms with van der Waals surface area (Å²) in [6.07, 6.45) is 0. The van der Waals surface area contributed by atoms with Gasteiger partial charge in [-0.2, -0.15) is 5.10 Å². The zero-order chi connectivity index (χ0) is 14.2. The van der Waals surface area contributed by atoms with Crippen LogP contribution < -0.4 is 4.72 Å². The van der Waals surface area contributed by atoms with E-state index in [9.17, 15) is 17.2 Å². The van der Waals surface area contributed by atoms with Gasteiger partial charge in [-0.15, -0.1) is 0 Å². The Morgan fingerprint density at radius 3 is 2.26 bits per heavy atom. The molecule has 0 fully saturated rings. The maximum absolute atomic E-state index is 13.5. The van der Waals surface area contributed by atoms with Gasteiger partial charge in [0.25, 0.3) is 10.0 Å². The van der Waals surface area contributed by atoms with E-state index in [0.29, 0.717) is 11.4 Å². The molecule has 0 atom stereocenters. The Kier molecular flexibility index (Phi) is 3.27. The van der Waals surface area contributed by atoms with Gasteiger partial charge in [0.05, 0.1) is 17.1 Å². The fraction of sp³-hybridized carbons (Fsp3) is 0.182. The number of rotatable bonds is 3. The number of nitrogens with one attached hydrogen (secondary N) is 2. The minimum absolute atomic E-state index is 0.183. The van der Waals surface area contributed by atoms with Crippen LogP contribution in [0.2, 0.25) is 0 Å². The predicted octanol–water partition coefficient (Wildman–Crippen LogP) is 2.11. The molecule has 0 saturated carbocycles. The van der Waals surface area contributed by atoms with E-state index < -0.39 is 26.6 Å². The summed E-state index contributed by atoms with van der Waals surface area (Å²) in [6, 6.07) is 2.86. The van der Waals surface area contributed by atoms with Crippen molar-refractivity contribution in [3.63, 3.8) is 0 Å². The molecule has 0 aliphatic heterocycles. The molecule has 102 valence electrons. The van der Waals surface area contributed by atoms with Crippen LogP contribution in [-0.2, 0) is 10.0 Å². The lowest BCUT2D eigenvalue weighted by atomic mass is 10.3. The van der Waals surface area contributed by atoms with Crippen LogP contribution in [0, 0.1) is 25.5 Å². The molecule has 0 spiro atoms. The van der Waals surface area contributed by atoms with Gasteiger partial charge < -0.3 is 0 Å². The average molecular weight is 287 g/mol. The van der Waals surface area contributed by atoms with Crippen LogP contribution in [0.25, 0.3) is 0 Å². The number of hydrogen-bond acceptors (Lipinski definition) is 3. The highest BCUT2D eigenvalue weighted by molar-refractivity contribution is 7.92. The highest BCUT2D eigenvalue weighted by Crippen LogP contribution is 2.24. The van der Waals surface area contributed by atoms with Gasteiger partial charge in [-0.1, -0.05) is 6.07 Å². The first kappa shape index (κ1) is 13.5. The maximum Gasteiger partial charge on any atom is 0.267 e. The Balaban J connectivity index is 2.50. The second kappa shape index (κ2) is 4.61. The van der Waals surface area contributed by atoms with Gasteiger partial charge in [-0.05, 0) is 26.0 Å². The largest absolute Gasteiger partial charge is 0.280 e. The lowest BCUT2D eigenvalue weighted by Crippen LogP contribution is -2.17. The highest BCUT2D eigenvalue weighted by atomic mass is 32.2. The second-order valence-corrected chi connectivity index (χ2v) is 5.58. The van der Waals surface area contributed by atoms with E-state index in [-0.39, 0.29) is 5.69 Å². The van der Waals surface area contributed by atoms with Gasteiger partial charge in [-0.3, -0.25) is 9.82 Å². The molecule has 2 aromatic rings. The van der Waals surface area contributed by atoms with E-state index in [0.717, 1.165) is 18.2 Å². The normalized spacial score (nSPS) is 11.6. The van der Waals surface area contributed by atoms with E-state index in [1.54, 1.807) is 13.8 Å². The summed E-state index contributed by atoms with van der Waals surface area (Å²) >= 11 is 0. The zero-order valence-electron chi connectivity index (χ0n) is 10.2. The van der Waals surface area contributed by atoms with Crippen LogP contribution in [0.3, 0.4) is 0 Å². The number of anilines is 1. The molecule has 0 aliphatic carbocycles. The summed E-state index contributed by atoms with van der Waals surface area (Å²) in [7, 11) is -4.35. The monoisotopic (exact) mass is 287 g/mol. The number of aryl methyl sites for hydroxylation is 2. The molecule has 5 nitrogen and oxygen atoms in total. The van der Waals surface area contributed by atoms with E-state index in [1.165, 1.54) is 0 Å². The van der Waals surface area contributed by atoms with Crippen LogP contribution in [0.1, 0.15) is 11.4 Å². The minimum atomic E-state index is -4.35. The summed E-state index contributed by atoms with van der Waals surface area (Å²) in [6.45, 7) is 3.16. The first-order valence-electron chi connectivity index (χ1n) is 5.31. The third kappa shape index (κ3) is 2.43. The zero-order valence-corrected chi connectivity index (χ0v) is 11.0. The lowest BCUT2D eigenvalue weighted by molar-refractivity contribution is 0.521. The Morgan fingerprint density at radius 1 is 1.21 bits per heavy atom. The number of aromatic nitrogens is 2. The van der Waals surface area contributed by atoms with Crippen molar-refractivity contribution in [3.05, 3.63) is 41.2 Å². The van der Waals surface area contributed by atoms with Gasteiger partial charge in [0.1, 0.15) is 11.6 Å². The molecule has 0 aliphatic rings.